The Morgan fingerprint density at radius 1 is 0.583 bits per heavy atom. The van der Waals surface area contributed by atoms with Crippen LogP contribution in [0.2, 0.25) is 0 Å². The predicted molar refractivity (Wildman–Crippen MR) is 120 cm³/mol. The molecular formula is C20H18N6O10. The molecule has 36 heavy (non-hydrogen) atoms. The van der Waals surface area contributed by atoms with Gasteiger partial charge in [-0.25, -0.2) is 0 Å². The van der Waals surface area contributed by atoms with Crippen LogP contribution >= 0.6 is 0 Å². The average Bonchev–Trinajstić information content (AvgIpc) is 2.84. The Morgan fingerprint density at radius 2 is 0.861 bits per heavy atom. The van der Waals surface area contributed by atoms with Crippen LogP contribution in [0.4, 0.5) is 22.7 Å². The van der Waals surface area contributed by atoms with E-state index in [1.54, 1.807) is 0 Å². The monoisotopic (exact) mass is 502 g/mol. The molecular weight excluding hydrogens is 484 g/mol. The van der Waals surface area contributed by atoms with Gasteiger partial charge in [0, 0.05) is 36.3 Å². The third-order valence-corrected chi connectivity index (χ3v) is 5.57. The number of nitro groups is 4. The van der Waals surface area contributed by atoms with Crippen LogP contribution in [0.5, 0.6) is 0 Å². The molecule has 2 atom stereocenters. The normalized spacial score (nSPS) is 17.0. The summed E-state index contributed by atoms with van der Waals surface area (Å²) in [6.45, 7) is 0. The molecule has 16 heteroatoms. The summed E-state index contributed by atoms with van der Waals surface area (Å²) in [7, 11) is 0. The predicted octanol–water partition coefficient (Wildman–Crippen LogP) is 2.79. The highest BCUT2D eigenvalue weighted by molar-refractivity contribution is 5.97. The minimum absolute atomic E-state index is 0.319. The zero-order chi connectivity index (χ0) is 26.6. The van der Waals surface area contributed by atoms with Crippen LogP contribution in [-0.2, 0) is 0 Å². The number of nitrogens with zero attached hydrogens (tertiary/aromatic N) is 4. The van der Waals surface area contributed by atoms with Gasteiger partial charge in [0.2, 0.25) is 0 Å². The maximum atomic E-state index is 12.8. The lowest BCUT2D eigenvalue weighted by Crippen LogP contribution is -2.53. The number of carbonyl (C=O) groups is 2. The average molecular weight is 502 g/mol. The molecule has 0 unspecified atom stereocenters. The van der Waals surface area contributed by atoms with E-state index in [4.69, 9.17) is 0 Å². The highest BCUT2D eigenvalue weighted by Crippen LogP contribution is 2.26. The maximum absolute atomic E-state index is 12.8. The molecule has 1 fully saturated rings. The number of non-ortho nitro benzene ring substituents is 4. The van der Waals surface area contributed by atoms with Crippen LogP contribution in [0.3, 0.4) is 0 Å². The Labute approximate surface area is 200 Å². The van der Waals surface area contributed by atoms with Crippen LogP contribution in [-0.4, -0.2) is 43.6 Å². The Morgan fingerprint density at radius 3 is 1.11 bits per heavy atom. The summed E-state index contributed by atoms with van der Waals surface area (Å²) in [5.41, 5.74) is -3.21. The quantitative estimate of drug-likeness (QED) is 0.395. The van der Waals surface area contributed by atoms with Crippen molar-refractivity contribution in [3.8, 4) is 0 Å². The van der Waals surface area contributed by atoms with Gasteiger partial charge in [-0.2, -0.15) is 0 Å². The highest BCUT2D eigenvalue weighted by atomic mass is 16.6. The molecule has 2 amide bonds. The van der Waals surface area contributed by atoms with Gasteiger partial charge in [-0.3, -0.25) is 50.0 Å². The first-order valence-electron chi connectivity index (χ1n) is 10.5. The molecule has 188 valence electrons. The largest absolute Gasteiger partial charge is 0.347 e. The number of amides is 2. The van der Waals surface area contributed by atoms with Crippen molar-refractivity contribution in [1.29, 1.82) is 0 Å². The van der Waals surface area contributed by atoms with Gasteiger partial charge in [-0.05, 0) is 12.8 Å². The third-order valence-electron chi connectivity index (χ3n) is 5.57. The number of carbonyl (C=O) groups excluding carboxylic acids is 2. The van der Waals surface area contributed by atoms with E-state index in [0.29, 0.717) is 25.7 Å². The van der Waals surface area contributed by atoms with Gasteiger partial charge >= 0.3 is 0 Å². The van der Waals surface area contributed by atoms with Gasteiger partial charge in [-0.15, -0.1) is 0 Å². The molecule has 0 aliphatic heterocycles. The summed E-state index contributed by atoms with van der Waals surface area (Å²) in [5, 5.41) is 49.6. The van der Waals surface area contributed by atoms with E-state index in [1.165, 1.54) is 0 Å². The highest BCUT2D eigenvalue weighted by Gasteiger charge is 2.30. The number of nitrogens with one attached hydrogen (secondary N) is 2. The number of hydrogen-bond acceptors (Lipinski definition) is 10. The van der Waals surface area contributed by atoms with E-state index in [-0.39, 0.29) is 11.1 Å². The Balaban J connectivity index is 1.82. The zero-order valence-electron chi connectivity index (χ0n) is 18.3. The van der Waals surface area contributed by atoms with Crippen molar-refractivity contribution in [3.05, 3.63) is 88.0 Å². The fraction of sp³-hybridized carbons (Fsp3) is 0.300. The van der Waals surface area contributed by atoms with Gasteiger partial charge in [-0.1, -0.05) is 12.8 Å². The standard InChI is InChI=1S/C20H18N6O10/c27-19(11-5-13(23(29)30)9-14(6-11)24(31)32)21-17-3-1-2-4-18(17)22-20(28)12-7-15(25(33)34)10-16(8-12)26(35)36/h5-10,17-18H,1-4H2,(H,21,27)(H,22,28)/t17-,18-/m1/s1. The number of hydrogen-bond donors (Lipinski definition) is 2. The summed E-state index contributed by atoms with van der Waals surface area (Å²) < 4.78 is 0. The fourth-order valence-corrected chi connectivity index (χ4v) is 3.85. The summed E-state index contributed by atoms with van der Waals surface area (Å²) in [5.74, 6) is -1.67. The Hall–Kier alpha value is -5.02. The van der Waals surface area contributed by atoms with E-state index < -0.39 is 66.3 Å². The van der Waals surface area contributed by atoms with Crippen molar-refractivity contribution < 1.29 is 29.3 Å². The fourth-order valence-electron chi connectivity index (χ4n) is 3.85. The molecule has 0 aromatic heterocycles. The smallest absolute Gasteiger partial charge is 0.277 e. The van der Waals surface area contributed by atoms with Crippen LogP contribution in [0.1, 0.15) is 46.4 Å². The van der Waals surface area contributed by atoms with Gasteiger partial charge in [0.25, 0.3) is 34.6 Å². The zero-order valence-corrected chi connectivity index (χ0v) is 18.3. The lowest BCUT2D eigenvalue weighted by Gasteiger charge is -2.32. The first kappa shape index (κ1) is 25.6. The van der Waals surface area contributed by atoms with Gasteiger partial charge in [0.1, 0.15) is 0 Å². The van der Waals surface area contributed by atoms with E-state index in [2.05, 4.69) is 10.6 Å². The molecule has 0 saturated heterocycles. The van der Waals surface area contributed by atoms with Crippen LogP contribution in [0.25, 0.3) is 0 Å². The summed E-state index contributed by atoms with van der Waals surface area (Å²) in [4.78, 5) is 66.5. The van der Waals surface area contributed by atoms with Crippen molar-refractivity contribution in [2.75, 3.05) is 0 Å². The molecule has 2 N–H and O–H groups in total. The molecule has 1 aliphatic rings. The number of rotatable bonds is 8. The van der Waals surface area contributed by atoms with E-state index in [1.807, 2.05) is 0 Å². The summed E-state index contributed by atoms with van der Waals surface area (Å²) in [6.07, 6.45) is 2.11. The SMILES string of the molecule is O=C(N[C@@H]1CCCC[C@H]1NC(=O)c1cc([N+](=O)[O-])cc([N+](=O)[O-])c1)c1cc([N+](=O)[O-])cc([N+](=O)[O-])c1. The molecule has 0 spiro atoms. The van der Waals surface area contributed by atoms with Crippen LogP contribution in [0.15, 0.2) is 36.4 Å². The lowest BCUT2D eigenvalue weighted by molar-refractivity contribution is -0.394. The van der Waals surface area contributed by atoms with E-state index in [0.717, 1.165) is 36.4 Å². The third kappa shape index (κ3) is 5.91. The Kier molecular flexibility index (Phi) is 7.46. The molecule has 2 aromatic rings. The molecule has 0 bridgehead atoms. The summed E-state index contributed by atoms with van der Waals surface area (Å²) in [6, 6.07) is 3.64. The first-order valence-corrected chi connectivity index (χ1v) is 10.5. The van der Waals surface area contributed by atoms with Crippen molar-refractivity contribution in [2.24, 2.45) is 0 Å². The number of nitro benzene ring substituents is 4. The van der Waals surface area contributed by atoms with Gasteiger partial charge in [0.05, 0.1) is 43.0 Å². The van der Waals surface area contributed by atoms with Crippen molar-refractivity contribution in [2.45, 2.75) is 37.8 Å². The van der Waals surface area contributed by atoms with Crippen molar-refractivity contribution in [3.63, 3.8) is 0 Å². The molecule has 0 radical (unpaired) electrons. The Bertz CT molecular complexity index is 1120. The van der Waals surface area contributed by atoms with Crippen LogP contribution < -0.4 is 10.6 Å². The van der Waals surface area contributed by atoms with E-state index >= 15 is 0 Å². The molecule has 1 aliphatic carbocycles. The first-order chi connectivity index (χ1) is 17.0. The minimum atomic E-state index is -0.869. The molecule has 0 heterocycles. The second-order valence-corrected chi connectivity index (χ2v) is 7.95. The lowest BCUT2D eigenvalue weighted by atomic mass is 9.89. The topological polar surface area (TPSA) is 231 Å². The van der Waals surface area contributed by atoms with Gasteiger partial charge < -0.3 is 10.6 Å². The molecule has 3 rings (SSSR count). The molecule has 1 saturated carbocycles. The molecule has 2 aromatic carbocycles. The van der Waals surface area contributed by atoms with Crippen molar-refractivity contribution in [1.82, 2.24) is 10.6 Å². The van der Waals surface area contributed by atoms with E-state index in [9.17, 15) is 50.0 Å². The second-order valence-electron chi connectivity index (χ2n) is 7.95. The molecule has 16 nitrogen and oxygen atoms in total. The second kappa shape index (κ2) is 10.5. The van der Waals surface area contributed by atoms with Crippen LogP contribution in [0, 0.1) is 40.5 Å². The van der Waals surface area contributed by atoms with Gasteiger partial charge in [0.15, 0.2) is 0 Å². The number of benzene rings is 2. The summed E-state index contributed by atoms with van der Waals surface area (Å²) >= 11 is 0. The van der Waals surface area contributed by atoms with Crippen molar-refractivity contribution >= 4 is 34.6 Å². The maximum Gasteiger partial charge on any atom is 0.277 e. The minimum Gasteiger partial charge on any atom is -0.347 e.